The Kier molecular flexibility index (Phi) is 2.91. The number of anilines is 1. The number of nitrogens with two attached hydrogens (primary N) is 1. The summed E-state index contributed by atoms with van der Waals surface area (Å²) in [6.45, 7) is 2.88. The molecule has 1 fully saturated rings. The van der Waals surface area contributed by atoms with Crippen LogP contribution >= 0.6 is 0 Å². The van der Waals surface area contributed by atoms with E-state index >= 15 is 0 Å². The summed E-state index contributed by atoms with van der Waals surface area (Å²) in [5.41, 5.74) is 8.73. The van der Waals surface area contributed by atoms with E-state index in [2.05, 4.69) is 55.2 Å². The van der Waals surface area contributed by atoms with Crippen LogP contribution in [0, 0.1) is 0 Å². The predicted octanol–water partition coefficient (Wildman–Crippen LogP) is 0.894. The third-order valence-corrected chi connectivity index (χ3v) is 3.53. The molecule has 0 bridgehead atoms. The molecule has 16 heavy (non-hydrogen) atoms. The standard InChI is InChI=1S/C13H21N3/c1-15(2)12-6-4-11(5-7-12)13(8-14)9-16(3)10-13/h4-7H,8-10,14H2,1-3H3. The van der Waals surface area contributed by atoms with Crippen molar-refractivity contribution in [1.29, 1.82) is 0 Å². The number of hydrogen-bond donors (Lipinski definition) is 1. The fourth-order valence-electron chi connectivity index (χ4n) is 2.53. The molecule has 0 atom stereocenters. The van der Waals surface area contributed by atoms with Gasteiger partial charge in [-0.2, -0.15) is 0 Å². The summed E-state index contributed by atoms with van der Waals surface area (Å²) in [5.74, 6) is 0. The van der Waals surface area contributed by atoms with Crippen LogP contribution in [0.5, 0.6) is 0 Å². The number of nitrogens with zero attached hydrogens (tertiary/aromatic N) is 2. The van der Waals surface area contributed by atoms with Crippen LogP contribution in [0.25, 0.3) is 0 Å². The van der Waals surface area contributed by atoms with Gasteiger partial charge in [0.15, 0.2) is 0 Å². The van der Waals surface area contributed by atoms with Crippen molar-refractivity contribution >= 4 is 5.69 Å². The summed E-state index contributed by atoms with van der Waals surface area (Å²) in [6.07, 6.45) is 0. The van der Waals surface area contributed by atoms with Crippen LogP contribution < -0.4 is 10.6 Å². The molecular weight excluding hydrogens is 198 g/mol. The van der Waals surface area contributed by atoms with Crippen molar-refractivity contribution in [3.63, 3.8) is 0 Å². The molecule has 1 aromatic rings. The molecule has 1 aliphatic rings. The van der Waals surface area contributed by atoms with Gasteiger partial charge >= 0.3 is 0 Å². The van der Waals surface area contributed by atoms with Gasteiger partial charge < -0.3 is 15.5 Å². The Morgan fingerprint density at radius 3 is 2.19 bits per heavy atom. The molecule has 1 aliphatic heterocycles. The van der Waals surface area contributed by atoms with Gasteiger partial charge in [-0.1, -0.05) is 12.1 Å². The van der Waals surface area contributed by atoms with Crippen molar-refractivity contribution in [3.8, 4) is 0 Å². The van der Waals surface area contributed by atoms with Gasteiger partial charge in [0.05, 0.1) is 0 Å². The zero-order valence-electron chi connectivity index (χ0n) is 10.4. The third kappa shape index (κ3) is 1.81. The van der Waals surface area contributed by atoms with Gasteiger partial charge in [-0.25, -0.2) is 0 Å². The SMILES string of the molecule is CN1CC(CN)(c2ccc(N(C)C)cc2)C1. The lowest BCUT2D eigenvalue weighted by Gasteiger charge is -2.48. The highest BCUT2D eigenvalue weighted by Crippen LogP contribution is 2.33. The Bertz CT molecular complexity index is 350. The molecule has 3 heteroatoms. The van der Waals surface area contributed by atoms with E-state index in [1.165, 1.54) is 11.3 Å². The Morgan fingerprint density at radius 1 is 1.25 bits per heavy atom. The van der Waals surface area contributed by atoms with Crippen molar-refractivity contribution in [2.75, 3.05) is 45.7 Å². The van der Waals surface area contributed by atoms with Gasteiger partial charge in [-0.15, -0.1) is 0 Å². The second-order valence-corrected chi connectivity index (χ2v) is 5.10. The molecule has 1 aromatic carbocycles. The highest BCUT2D eigenvalue weighted by atomic mass is 15.2. The van der Waals surface area contributed by atoms with E-state index in [1.54, 1.807) is 0 Å². The van der Waals surface area contributed by atoms with Gasteiger partial charge in [0, 0.05) is 44.8 Å². The normalized spacial score (nSPS) is 19.2. The van der Waals surface area contributed by atoms with Crippen molar-refractivity contribution in [2.45, 2.75) is 5.41 Å². The number of hydrogen-bond acceptors (Lipinski definition) is 3. The average molecular weight is 219 g/mol. The number of benzene rings is 1. The van der Waals surface area contributed by atoms with Gasteiger partial charge in [0.1, 0.15) is 0 Å². The molecule has 0 spiro atoms. The van der Waals surface area contributed by atoms with Crippen molar-refractivity contribution < 1.29 is 0 Å². The molecule has 2 N–H and O–H groups in total. The maximum atomic E-state index is 5.92. The molecule has 2 rings (SSSR count). The minimum Gasteiger partial charge on any atom is -0.378 e. The largest absolute Gasteiger partial charge is 0.378 e. The zero-order valence-corrected chi connectivity index (χ0v) is 10.4. The minimum absolute atomic E-state index is 0.194. The van der Waals surface area contributed by atoms with E-state index in [0.29, 0.717) is 0 Å². The summed E-state index contributed by atoms with van der Waals surface area (Å²) >= 11 is 0. The van der Waals surface area contributed by atoms with Crippen LogP contribution in [0.3, 0.4) is 0 Å². The molecule has 0 amide bonds. The van der Waals surface area contributed by atoms with Crippen LogP contribution in [-0.2, 0) is 5.41 Å². The highest BCUT2D eigenvalue weighted by molar-refractivity contribution is 5.48. The summed E-state index contributed by atoms with van der Waals surface area (Å²) in [5, 5.41) is 0. The van der Waals surface area contributed by atoms with Crippen LogP contribution in [0.2, 0.25) is 0 Å². The first-order valence-corrected chi connectivity index (χ1v) is 5.74. The molecule has 0 aromatic heterocycles. The highest BCUT2D eigenvalue weighted by Gasteiger charge is 2.41. The van der Waals surface area contributed by atoms with E-state index in [4.69, 9.17) is 5.73 Å². The molecule has 88 valence electrons. The Balaban J connectivity index is 2.21. The van der Waals surface area contributed by atoms with Crippen LogP contribution in [0.4, 0.5) is 5.69 Å². The first kappa shape index (κ1) is 11.4. The van der Waals surface area contributed by atoms with E-state index < -0.39 is 0 Å². The number of likely N-dealkylation sites (tertiary alicyclic amines) is 1. The quantitative estimate of drug-likeness (QED) is 0.819. The smallest absolute Gasteiger partial charge is 0.0361 e. The third-order valence-electron chi connectivity index (χ3n) is 3.53. The summed E-state index contributed by atoms with van der Waals surface area (Å²) in [6, 6.07) is 8.78. The Labute approximate surface area is 97.8 Å². The van der Waals surface area contributed by atoms with Gasteiger partial charge in [-0.05, 0) is 24.7 Å². The topological polar surface area (TPSA) is 32.5 Å². The number of rotatable bonds is 3. The predicted molar refractivity (Wildman–Crippen MR) is 69.0 cm³/mol. The lowest BCUT2D eigenvalue weighted by molar-refractivity contribution is 0.100. The first-order chi connectivity index (χ1) is 7.57. The van der Waals surface area contributed by atoms with Crippen LogP contribution in [0.1, 0.15) is 5.56 Å². The molecule has 0 saturated carbocycles. The molecular formula is C13H21N3. The lowest BCUT2D eigenvalue weighted by Crippen LogP contribution is -2.61. The second kappa shape index (κ2) is 4.07. The Hall–Kier alpha value is -1.06. The van der Waals surface area contributed by atoms with Crippen molar-refractivity contribution in [1.82, 2.24) is 4.90 Å². The molecule has 3 nitrogen and oxygen atoms in total. The molecule has 0 radical (unpaired) electrons. The first-order valence-electron chi connectivity index (χ1n) is 5.74. The molecule has 0 aliphatic carbocycles. The molecule has 1 saturated heterocycles. The average Bonchev–Trinajstić information content (AvgIpc) is 2.24. The Morgan fingerprint density at radius 2 is 1.81 bits per heavy atom. The van der Waals surface area contributed by atoms with Crippen molar-refractivity contribution in [2.24, 2.45) is 5.73 Å². The summed E-state index contributed by atoms with van der Waals surface area (Å²) in [4.78, 5) is 4.43. The molecule has 0 unspecified atom stereocenters. The maximum absolute atomic E-state index is 5.92. The van der Waals surface area contributed by atoms with E-state index in [9.17, 15) is 0 Å². The summed E-state index contributed by atoms with van der Waals surface area (Å²) in [7, 11) is 6.26. The minimum atomic E-state index is 0.194. The fraction of sp³-hybridized carbons (Fsp3) is 0.538. The maximum Gasteiger partial charge on any atom is 0.0361 e. The van der Waals surface area contributed by atoms with Crippen LogP contribution in [0.15, 0.2) is 24.3 Å². The fourth-order valence-corrected chi connectivity index (χ4v) is 2.53. The van der Waals surface area contributed by atoms with E-state index in [-0.39, 0.29) is 5.41 Å². The lowest BCUT2D eigenvalue weighted by atomic mass is 9.74. The van der Waals surface area contributed by atoms with Crippen LogP contribution in [-0.4, -0.2) is 45.7 Å². The summed E-state index contributed by atoms with van der Waals surface area (Å²) < 4.78 is 0. The zero-order chi connectivity index (χ0) is 11.8. The van der Waals surface area contributed by atoms with Gasteiger partial charge in [0.25, 0.3) is 0 Å². The molecule has 1 heterocycles. The van der Waals surface area contributed by atoms with E-state index in [1.807, 2.05) is 0 Å². The van der Waals surface area contributed by atoms with E-state index in [0.717, 1.165) is 19.6 Å². The van der Waals surface area contributed by atoms with Crippen molar-refractivity contribution in [3.05, 3.63) is 29.8 Å². The monoisotopic (exact) mass is 219 g/mol. The van der Waals surface area contributed by atoms with Gasteiger partial charge in [0.2, 0.25) is 0 Å². The van der Waals surface area contributed by atoms with Gasteiger partial charge in [-0.3, -0.25) is 0 Å². The number of likely N-dealkylation sites (N-methyl/N-ethyl adjacent to an activating group) is 1. The second-order valence-electron chi connectivity index (χ2n) is 5.10.